The first kappa shape index (κ1) is 25.8. The van der Waals surface area contributed by atoms with Gasteiger partial charge in [0.05, 0.1) is 12.6 Å². The molecule has 0 bridgehead atoms. The monoisotopic (exact) mass is 403 g/mol. The molecule has 0 radical (unpaired) electrons. The van der Waals surface area contributed by atoms with Crippen LogP contribution in [0.5, 0.6) is 0 Å². The maximum absolute atomic E-state index is 12.0. The fraction of sp³-hybridized carbons (Fsp3) is 0.778. The predicted octanol–water partition coefficient (Wildman–Crippen LogP) is -0.313. The van der Waals surface area contributed by atoms with Crippen molar-refractivity contribution in [2.24, 2.45) is 17.6 Å². The fourth-order valence-corrected chi connectivity index (χ4v) is 2.36. The summed E-state index contributed by atoms with van der Waals surface area (Å²) in [6.45, 7) is 5.07. The van der Waals surface area contributed by atoms with Gasteiger partial charge in [0.15, 0.2) is 0 Å². The molecule has 2 amide bonds. The SMILES string of the molecule is CC(C)[C@H](C)C(=O)N[C@H](CCC(=O)N[C@H](CO)CCC[C@@H](N)C(=O)O)C(=O)O. The van der Waals surface area contributed by atoms with Gasteiger partial charge in [-0.3, -0.25) is 14.4 Å². The number of carboxylic acid groups (broad SMARTS) is 2. The molecule has 162 valence electrons. The van der Waals surface area contributed by atoms with E-state index in [0.717, 1.165) is 0 Å². The quantitative estimate of drug-likeness (QED) is 0.228. The second-order valence-corrected chi connectivity index (χ2v) is 7.29. The summed E-state index contributed by atoms with van der Waals surface area (Å²) in [5.41, 5.74) is 5.39. The van der Waals surface area contributed by atoms with Crippen molar-refractivity contribution < 1.29 is 34.5 Å². The topological polar surface area (TPSA) is 179 Å². The van der Waals surface area contributed by atoms with Crippen LogP contribution in [0.2, 0.25) is 0 Å². The number of hydrogen-bond acceptors (Lipinski definition) is 6. The van der Waals surface area contributed by atoms with Crippen LogP contribution in [-0.4, -0.2) is 63.8 Å². The molecule has 10 nitrogen and oxygen atoms in total. The van der Waals surface area contributed by atoms with Gasteiger partial charge in [-0.1, -0.05) is 20.8 Å². The van der Waals surface area contributed by atoms with Gasteiger partial charge >= 0.3 is 11.9 Å². The van der Waals surface area contributed by atoms with Gasteiger partial charge in [0.25, 0.3) is 0 Å². The summed E-state index contributed by atoms with van der Waals surface area (Å²) in [5, 5.41) is 32.3. The Kier molecular flexibility index (Phi) is 12.0. The summed E-state index contributed by atoms with van der Waals surface area (Å²) in [6.07, 6.45) is 0.731. The van der Waals surface area contributed by atoms with Gasteiger partial charge in [-0.15, -0.1) is 0 Å². The largest absolute Gasteiger partial charge is 0.480 e. The molecule has 4 atom stereocenters. The lowest BCUT2D eigenvalue weighted by Gasteiger charge is -2.20. The van der Waals surface area contributed by atoms with Crippen LogP contribution in [0.15, 0.2) is 0 Å². The molecule has 0 aromatic rings. The van der Waals surface area contributed by atoms with Crippen LogP contribution in [0.3, 0.4) is 0 Å². The molecule has 10 heteroatoms. The third-order valence-corrected chi connectivity index (χ3v) is 4.66. The van der Waals surface area contributed by atoms with Crippen LogP contribution in [0.1, 0.15) is 52.9 Å². The Labute approximate surface area is 164 Å². The number of nitrogens with one attached hydrogen (secondary N) is 2. The highest BCUT2D eigenvalue weighted by atomic mass is 16.4. The highest BCUT2D eigenvalue weighted by molar-refractivity contribution is 5.85. The fourth-order valence-electron chi connectivity index (χ4n) is 2.36. The van der Waals surface area contributed by atoms with Crippen LogP contribution < -0.4 is 16.4 Å². The average molecular weight is 403 g/mol. The molecule has 0 aromatic carbocycles. The first-order valence-electron chi connectivity index (χ1n) is 9.41. The van der Waals surface area contributed by atoms with Gasteiger partial charge in [-0.25, -0.2) is 4.79 Å². The van der Waals surface area contributed by atoms with Crippen molar-refractivity contribution in [1.82, 2.24) is 10.6 Å². The molecule has 0 aromatic heterocycles. The van der Waals surface area contributed by atoms with E-state index in [1.165, 1.54) is 0 Å². The van der Waals surface area contributed by atoms with E-state index < -0.39 is 36.0 Å². The molecular weight excluding hydrogens is 370 g/mol. The Bertz CT molecular complexity index is 539. The summed E-state index contributed by atoms with van der Waals surface area (Å²) < 4.78 is 0. The molecule has 28 heavy (non-hydrogen) atoms. The first-order valence-corrected chi connectivity index (χ1v) is 9.41. The Morgan fingerprint density at radius 2 is 1.54 bits per heavy atom. The maximum Gasteiger partial charge on any atom is 0.326 e. The lowest BCUT2D eigenvalue weighted by atomic mass is 9.96. The summed E-state index contributed by atoms with van der Waals surface area (Å²) in [7, 11) is 0. The van der Waals surface area contributed by atoms with Gasteiger partial charge < -0.3 is 31.7 Å². The van der Waals surface area contributed by atoms with Crippen molar-refractivity contribution in [3.63, 3.8) is 0 Å². The zero-order chi connectivity index (χ0) is 21.9. The van der Waals surface area contributed by atoms with Gasteiger partial charge in [0.1, 0.15) is 12.1 Å². The number of rotatable bonds is 14. The lowest BCUT2D eigenvalue weighted by Crippen LogP contribution is -2.45. The number of carbonyl (C=O) groups excluding carboxylic acids is 2. The summed E-state index contributed by atoms with van der Waals surface area (Å²) >= 11 is 0. The van der Waals surface area contributed by atoms with E-state index in [1.807, 2.05) is 13.8 Å². The van der Waals surface area contributed by atoms with E-state index >= 15 is 0 Å². The van der Waals surface area contributed by atoms with Crippen molar-refractivity contribution in [2.75, 3.05) is 6.61 Å². The van der Waals surface area contributed by atoms with Gasteiger partial charge in [0, 0.05) is 12.3 Å². The van der Waals surface area contributed by atoms with E-state index in [9.17, 15) is 29.4 Å². The molecule has 0 saturated heterocycles. The normalized spacial score (nSPS) is 15.4. The molecule has 0 spiro atoms. The van der Waals surface area contributed by atoms with Crippen molar-refractivity contribution in [1.29, 1.82) is 0 Å². The molecule has 0 aliphatic rings. The number of amides is 2. The third kappa shape index (κ3) is 10.2. The van der Waals surface area contributed by atoms with Crippen molar-refractivity contribution in [2.45, 2.75) is 71.0 Å². The van der Waals surface area contributed by atoms with Crippen LogP contribution in [0.25, 0.3) is 0 Å². The van der Waals surface area contributed by atoms with Gasteiger partial charge in [-0.2, -0.15) is 0 Å². The number of carboxylic acids is 2. The van der Waals surface area contributed by atoms with E-state index in [1.54, 1.807) is 6.92 Å². The van der Waals surface area contributed by atoms with E-state index in [2.05, 4.69) is 10.6 Å². The zero-order valence-electron chi connectivity index (χ0n) is 16.7. The van der Waals surface area contributed by atoms with Crippen molar-refractivity contribution in [3.05, 3.63) is 0 Å². The molecule has 0 heterocycles. The van der Waals surface area contributed by atoms with Gasteiger partial charge in [0.2, 0.25) is 11.8 Å². The highest BCUT2D eigenvalue weighted by Crippen LogP contribution is 2.11. The molecule has 7 N–H and O–H groups in total. The molecule has 0 aliphatic heterocycles. The van der Waals surface area contributed by atoms with E-state index in [4.69, 9.17) is 10.8 Å². The minimum Gasteiger partial charge on any atom is -0.480 e. The van der Waals surface area contributed by atoms with Gasteiger partial charge in [-0.05, 0) is 31.6 Å². The van der Waals surface area contributed by atoms with E-state index in [-0.39, 0.29) is 43.6 Å². The van der Waals surface area contributed by atoms with E-state index in [0.29, 0.717) is 12.8 Å². The molecule has 0 saturated carbocycles. The Morgan fingerprint density at radius 3 is 2.00 bits per heavy atom. The molecule has 0 unspecified atom stereocenters. The number of aliphatic hydroxyl groups excluding tert-OH is 1. The third-order valence-electron chi connectivity index (χ3n) is 4.66. The van der Waals surface area contributed by atoms with Crippen LogP contribution in [0, 0.1) is 11.8 Å². The Balaban J connectivity index is 4.47. The molecule has 0 rings (SSSR count). The number of nitrogens with two attached hydrogens (primary N) is 1. The maximum atomic E-state index is 12.0. The van der Waals surface area contributed by atoms with Crippen LogP contribution in [-0.2, 0) is 19.2 Å². The van der Waals surface area contributed by atoms with Crippen molar-refractivity contribution in [3.8, 4) is 0 Å². The molecule has 0 fully saturated rings. The Morgan fingerprint density at radius 1 is 0.929 bits per heavy atom. The minimum absolute atomic E-state index is 0.0531. The van der Waals surface area contributed by atoms with Crippen molar-refractivity contribution >= 4 is 23.8 Å². The summed E-state index contributed by atoms with van der Waals surface area (Å²) in [6, 6.07) is -2.75. The smallest absolute Gasteiger partial charge is 0.326 e. The molecule has 0 aliphatic carbocycles. The number of carbonyl (C=O) groups is 4. The second-order valence-electron chi connectivity index (χ2n) is 7.29. The molecular formula is C18H33N3O7. The zero-order valence-corrected chi connectivity index (χ0v) is 16.7. The summed E-state index contributed by atoms with van der Waals surface area (Å²) in [4.78, 5) is 46.0. The number of aliphatic hydroxyl groups is 1. The minimum atomic E-state index is -1.22. The lowest BCUT2D eigenvalue weighted by molar-refractivity contribution is -0.143. The average Bonchev–Trinajstić information content (AvgIpc) is 2.62. The predicted molar refractivity (Wildman–Crippen MR) is 101 cm³/mol. The highest BCUT2D eigenvalue weighted by Gasteiger charge is 2.25. The van der Waals surface area contributed by atoms with Crippen LogP contribution >= 0.6 is 0 Å². The number of hydrogen-bond donors (Lipinski definition) is 6. The van der Waals surface area contributed by atoms with Crippen LogP contribution in [0.4, 0.5) is 0 Å². The standard InChI is InChI=1S/C18H33N3O7/c1-10(2)11(3)16(24)21-14(18(27)28)7-8-15(23)20-12(9-22)5-4-6-13(19)17(25)26/h10-14,22H,4-9,19H2,1-3H3,(H,20,23)(H,21,24)(H,25,26)(H,27,28)/t11-,12-,13+,14+/m0/s1. The number of aliphatic carboxylic acids is 2. The Hall–Kier alpha value is -2.20. The first-order chi connectivity index (χ1) is 13.0. The second kappa shape index (κ2) is 13.1. The summed E-state index contributed by atoms with van der Waals surface area (Å²) in [5.74, 6) is -3.48.